The lowest BCUT2D eigenvalue weighted by Gasteiger charge is -2.13. The first kappa shape index (κ1) is 22.8. The zero-order valence-electron chi connectivity index (χ0n) is 12.0. The van der Waals surface area contributed by atoms with Crippen molar-refractivity contribution in [1.82, 2.24) is 0 Å². The first-order chi connectivity index (χ1) is 7.83. The third-order valence-corrected chi connectivity index (χ3v) is 1.36. The molecule has 0 spiro atoms. The van der Waals surface area contributed by atoms with Crippen LogP contribution in [0.3, 0.4) is 0 Å². The zero-order chi connectivity index (χ0) is 15.6. The van der Waals surface area contributed by atoms with Crippen LogP contribution in [0.4, 0.5) is 0 Å². The van der Waals surface area contributed by atoms with Crippen molar-refractivity contribution in [2.24, 2.45) is 10.8 Å². The van der Waals surface area contributed by atoms with Crippen molar-refractivity contribution < 1.29 is 19.8 Å². The van der Waals surface area contributed by atoms with Gasteiger partial charge in [0.25, 0.3) is 0 Å². The van der Waals surface area contributed by atoms with Crippen molar-refractivity contribution in [2.75, 3.05) is 0 Å². The maximum Gasteiger partial charge on any atom is 0.303 e. The summed E-state index contributed by atoms with van der Waals surface area (Å²) in [6, 6.07) is 0. The van der Waals surface area contributed by atoms with Crippen LogP contribution in [0.15, 0.2) is 0 Å². The van der Waals surface area contributed by atoms with Gasteiger partial charge in [-0.3, -0.25) is 9.59 Å². The smallest absolute Gasteiger partial charge is 0.303 e. The predicted octanol–water partition coefficient (Wildman–Crippen LogP) is 3.78. The van der Waals surface area contributed by atoms with E-state index in [2.05, 4.69) is 23.3 Å². The summed E-state index contributed by atoms with van der Waals surface area (Å²) in [5.41, 5.74) is -0.155. The van der Waals surface area contributed by atoms with Crippen molar-refractivity contribution in [3.8, 4) is 0 Å². The summed E-state index contributed by atoms with van der Waals surface area (Å²) in [7, 11) is 0. The molecule has 0 saturated heterocycles. The van der Waals surface area contributed by atoms with Gasteiger partial charge in [-0.25, -0.2) is 0 Å². The molecule has 0 saturated carbocycles. The Bertz CT molecular complexity index is 213. The fraction of sp³-hybridized carbons (Fsp3) is 0.833. The Kier molecular flexibility index (Phi) is 13.4. The van der Waals surface area contributed by atoms with Gasteiger partial charge in [-0.15, -0.1) is 23.3 Å². The summed E-state index contributed by atoms with van der Waals surface area (Å²) in [5, 5.41) is 16.5. The molecule has 0 aromatic carbocycles. The Labute approximate surface area is 120 Å². The minimum absolute atomic E-state index is 0.0775. The van der Waals surface area contributed by atoms with Crippen molar-refractivity contribution in [1.29, 1.82) is 0 Å². The Balaban J connectivity index is -0.000000219. The van der Waals surface area contributed by atoms with E-state index >= 15 is 0 Å². The van der Waals surface area contributed by atoms with Crippen LogP contribution in [-0.2, 0) is 9.59 Å². The molecule has 0 fully saturated rings. The molecule has 0 heterocycles. The molecule has 18 heavy (non-hydrogen) atoms. The minimum Gasteiger partial charge on any atom is -0.481 e. The molecule has 4 nitrogen and oxygen atoms in total. The van der Waals surface area contributed by atoms with Crippen LogP contribution in [0.25, 0.3) is 0 Å². The second-order valence-electron chi connectivity index (χ2n) is 6.26. The highest BCUT2D eigenvalue weighted by Crippen LogP contribution is 2.17. The van der Waals surface area contributed by atoms with Gasteiger partial charge >= 0.3 is 11.9 Å². The van der Waals surface area contributed by atoms with Crippen LogP contribution in [-0.4, -0.2) is 22.2 Å². The molecule has 0 aromatic rings. The average Bonchev–Trinajstić information content (AvgIpc) is 1.98. The molecule has 2 N–H and O–H groups in total. The van der Waals surface area contributed by atoms with Crippen LogP contribution >= 0.6 is 23.3 Å². The van der Waals surface area contributed by atoms with Crippen LogP contribution < -0.4 is 0 Å². The summed E-state index contributed by atoms with van der Waals surface area (Å²) in [6.07, 6.45) is 0.486. The first-order valence-corrected chi connectivity index (χ1v) is 7.07. The summed E-state index contributed by atoms with van der Waals surface area (Å²) in [5.74, 6) is -1.45. The lowest BCUT2D eigenvalue weighted by molar-refractivity contribution is -0.140. The molecule has 0 aliphatic heterocycles. The number of aliphatic carboxylic acids is 2. The Morgan fingerprint density at radius 2 is 0.944 bits per heavy atom. The van der Waals surface area contributed by atoms with Crippen molar-refractivity contribution in [3.05, 3.63) is 0 Å². The van der Waals surface area contributed by atoms with Crippen LogP contribution in [0, 0.1) is 10.8 Å². The van der Waals surface area contributed by atoms with Gasteiger partial charge in [0.05, 0.1) is 12.8 Å². The molecule has 0 atom stereocenters. The largest absolute Gasteiger partial charge is 0.481 e. The highest BCUT2D eigenvalue weighted by atomic mass is 33.1. The van der Waals surface area contributed by atoms with Gasteiger partial charge in [0.15, 0.2) is 0 Å². The number of rotatable bonds is 2. The molecule has 110 valence electrons. The summed E-state index contributed by atoms with van der Waals surface area (Å²) in [4.78, 5) is 20.0. The predicted molar refractivity (Wildman–Crippen MR) is 81.4 cm³/mol. The lowest BCUT2D eigenvalue weighted by Crippen LogP contribution is -2.11. The first-order valence-electron chi connectivity index (χ1n) is 5.47. The second-order valence-corrected chi connectivity index (χ2v) is 6.26. The van der Waals surface area contributed by atoms with Gasteiger partial charge in [0.1, 0.15) is 0 Å². The quantitative estimate of drug-likeness (QED) is 0.462. The Morgan fingerprint density at radius 3 is 0.944 bits per heavy atom. The molecule has 0 aromatic heterocycles. The van der Waals surface area contributed by atoms with Gasteiger partial charge in [-0.05, 0) is 10.8 Å². The third-order valence-electron chi connectivity index (χ3n) is 1.36. The van der Waals surface area contributed by atoms with Gasteiger partial charge in [-0.1, -0.05) is 41.5 Å². The fourth-order valence-electron chi connectivity index (χ4n) is 0.907. The number of hydrogen-bond acceptors (Lipinski definition) is 4. The number of thiol groups is 2. The molecule has 0 aliphatic carbocycles. The molecule has 0 bridgehead atoms. The fourth-order valence-corrected chi connectivity index (χ4v) is 0.907. The van der Waals surface area contributed by atoms with E-state index in [1.807, 2.05) is 41.5 Å². The molecule has 6 heteroatoms. The van der Waals surface area contributed by atoms with Crippen LogP contribution in [0.5, 0.6) is 0 Å². The van der Waals surface area contributed by atoms with E-state index in [9.17, 15) is 9.59 Å². The molecular weight excluding hydrogens is 272 g/mol. The Hall–Kier alpha value is -0.360. The van der Waals surface area contributed by atoms with E-state index in [0.717, 1.165) is 0 Å². The standard InChI is InChI=1S/2C6H12O2.H2S2/c2*1-6(2,3)4-5(7)8;1-2/h2*4H2,1-3H3,(H,7,8);1-2H. The third kappa shape index (κ3) is 36.1. The van der Waals surface area contributed by atoms with Crippen LogP contribution in [0.1, 0.15) is 54.4 Å². The van der Waals surface area contributed by atoms with E-state index in [1.54, 1.807) is 0 Å². The maximum absolute atomic E-state index is 10.0. The number of carboxylic acid groups (broad SMARTS) is 2. The normalized spacial score (nSPS) is 10.4. The molecule has 0 unspecified atom stereocenters. The topological polar surface area (TPSA) is 74.6 Å². The SMILES string of the molecule is CC(C)(C)CC(=O)O.CC(C)(C)CC(=O)O.SS. The second kappa shape index (κ2) is 10.6. The maximum atomic E-state index is 10.0. The van der Waals surface area contributed by atoms with Crippen molar-refractivity contribution in [3.63, 3.8) is 0 Å². The van der Waals surface area contributed by atoms with E-state index < -0.39 is 11.9 Å². The number of carbonyl (C=O) groups is 2. The van der Waals surface area contributed by atoms with E-state index in [0.29, 0.717) is 0 Å². The van der Waals surface area contributed by atoms with Gasteiger partial charge < -0.3 is 10.2 Å². The van der Waals surface area contributed by atoms with Gasteiger partial charge in [-0.2, -0.15) is 0 Å². The highest BCUT2D eigenvalue weighted by Gasteiger charge is 2.14. The number of hydrogen-bond donors (Lipinski definition) is 4. The van der Waals surface area contributed by atoms with E-state index in [4.69, 9.17) is 10.2 Å². The van der Waals surface area contributed by atoms with Crippen molar-refractivity contribution >= 4 is 35.3 Å². The summed E-state index contributed by atoms with van der Waals surface area (Å²) in [6.45, 7) is 11.4. The summed E-state index contributed by atoms with van der Waals surface area (Å²) >= 11 is 6.44. The van der Waals surface area contributed by atoms with E-state index in [-0.39, 0.29) is 23.7 Å². The Morgan fingerprint density at radius 1 is 0.778 bits per heavy atom. The lowest BCUT2D eigenvalue weighted by atomic mass is 9.93. The van der Waals surface area contributed by atoms with Crippen molar-refractivity contribution in [2.45, 2.75) is 54.4 Å². The monoisotopic (exact) mass is 298 g/mol. The van der Waals surface area contributed by atoms with Crippen LogP contribution in [0.2, 0.25) is 0 Å². The minimum atomic E-state index is -0.725. The molecule has 0 amide bonds. The molecular formula is C12H26O4S2. The summed E-state index contributed by atoms with van der Waals surface area (Å²) < 4.78 is 0. The number of carboxylic acids is 2. The van der Waals surface area contributed by atoms with Gasteiger partial charge in [0.2, 0.25) is 0 Å². The molecule has 0 aliphatic rings. The van der Waals surface area contributed by atoms with Gasteiger partial charge in [0, 0.05) is 0 Å². The van der Waals surface area contributed by atoms with E-state index in [1.165, 1.54) is 0 Å². The zero-order valence-corrected chi connectivity index (χ0v) is 13.8. The molecule has 0 radical (unpaired) electrons. The highest BCUT2D eigenvalue weighted by molar-refractivity contribution is 8.59. The molecule has 0 rings (SSSR count). The average molecular weight is 298 g/mol.